The Bertz CT molecular complexity index is 285. The van der Waals surface area contributed by atoms with E-state index in [0.29, 0.717) is 12.7 Å². The van der Waals surface area contributed by atoms with Crippen molar-refractivity contribution < 1.29 is 17.3 Å². The van der Waals surface area contributed by atoms with Crippen LogP contribution in [0.15, 0.2) is 0 Å². The third kappa shape index (κ3) is 2.21. The Labute approximate surface area is 78.3 Å². The molecule has 2 rings (SSSR count). The van der Waals surface area contributed by atoms with Crippen LogP contribution in [0.1, 0.15) is 19.3 Å². The lowest BCUT2D eigenvalue weighted by Crippen LogP contribution is -2.23. The smallest absolute Gasteiger partial charge is 0.264 e. The molecule has 0 aromatic heterocycles. The second-order valence-corrected chi connectivity index (χ2v) is 5.50. The summed E-state index contributed by atoms with van der Waals surface area (Å²) in [6.45, 7) is 0.292. The highest BCUT2D eigenvalue weighted by Gasteiger charge is 2.41. The van der Waals surface area contributed by atoms with E-state index >= 15 is 0 Å². The zero-order valence-electron chi connectivity index (χ0n) is 7.60. The monoisotopic (exact) mass is 206 g/mol. The normalized spacial score (nSPS) is 38.4. The van der Waals surface area contributed by atoms with Crippen molar-refractivity contribution in [2.24, 2.45) is 5.92 Å². The second kappa shape index (κ2) is 3.22. The predicted molar refractivity (Wildman–Crippen MR) is 46.8 cm³/mol. The fourth-order valence-electron chi connectivity index (χ4n) is 2.13. The van der Waals surface area contributed by atoms with Gasteiger partial charge in [0.25, 0.3) is 10.1 Å². The quantitative estimate of drug-likeness (QED) is 0.632. The highest BCUT2D eigenvalue weighted by atomic mass is 32.2. The first-order chi connectivity index (χ1) is 6.04. The van der Waals surface area contributed by atoms with Crippen molar-refractivity contribution in [3.05, 3.63) is 0 Å². The van der Waals surface area contributed by atoms with Gasteiger partial charge in [0, 0.05) is 5.92 Å². The zero-order chi connectivity index (χ0) is 9.47. The van der Waals surface area contributed by atoms with Gasteiger partial charge in [-0.25, -0.2) is 0 Å². The van der Waals surface area contributed by atoms with Crippen LogP contribution in [0, 0.1) is 5.92 Å². The van der Waals surface area contributed by atoms with Crippen molar-refractivity contribution in [3.63, 3.8) is 0 Å². The summed E-state index contributed by atoms with van der Waals surface area (Å²) in [6, 6.07) is 0. The van der Waals surface area contributed by atoms with Crippen LogP contribution in [-0.4, -0.2) is 33.5 Å². The summed E-state index contributed by atoms with van der Waals surface area (Å²) in [5.74, 6) is 0.286. The fourth-order valence-corrected chi connectivity index (χ4v) is 2.55. The minimum absolute atomic E-state index is 0.242. The summed E-state index contributed by atoms with van der Waals surface area (Å²) < 4.78 is 31.8. The highest BCUT2D eigenvalue weighted by Crippen LogP contribution is 2.38. The first-order valence-electron chi connectivity index (χ1n) is 4.54. The molecule has 2 fully saturated rings. The lowest BCUT2D eigenvalue weighted by atomic mass is 9.90. The number of ether oxygens (including phenoxy) is 1. The molecule has 5 heteroatoms. The number of rotatable bonds is 3. The van der Waals surface area contributed by atoms with Gasteiger partial charge >= 0.3 is 0 Å². The van der Waals surface area contributed by atoms with Gasteiger partial charge in [0.15, 0.2) is 0 Å². The molecule has 2 bridgehead atoms. The predicted octanol–water partition coefficient (Wildman–Crippen LogP) is 0.530. The average Bonchev–Trinajstić information content (AvgIpc) is 2.58. The molecule has 0 aromatic rings. The van der Waals surface area contributed by atoms with Crippen molar-refractivity contribution in [3.8, 4) is 0 Å². The first kappa shape index (κ1) is 9.43. The number of fused-ring (bicyclic) bond motifs is 2. The molecule has 3 atom stereocenters. The maximum atomic E-state index is 10.7. The molecular formula is C8H14O4S. The third-order valence-electron chi connectivity index (χ3n) is 2.73. The first-order valence-corrected chi connectivity index (χ1v) is 6.36. The van der Waals surface area contributed by atoms with E-state index in [4.69, 9.17) is 8.92 Å². The van der Waals surface area contributed by atoms with Gasteiger partial charge in [-0.15, -0.1) is 0 Å². The molecule has 2 heterocycles. The van der Waals surface area contributed by atoms with Crippen LogP contribution in [0.5, 0.6) is 0 Å². The van der Waals surface area contributed by atoms with Crippen LogP contribution in [0.25, 0.3) is 0 Å². The Kier molecular flexibility index (Phi) is 2.33. The van der Waals surface area contributed by atoms with E-state index in [-0.39, 0.29) is 12.0 Å². The van der Waals surface area contributed by atoms with Crippen molar-refractivity contribution in [1.82, 2.24) is 0 Å². The molecule has 0 aliphatic carbocycles. The van der Waals surface area contributed by atoms with Gasteiger partial charge in [-0.3, -0.25) is 4.18 Å². The van der Waals surface area contributed by atoms with E-state index in [0.717, 1.165) is 25.5 Å². The van der Waals surface area contributed by atoms with Gasteiger partial charge < -0.3 is 4.74 Å². The van der Waals surface area contributed by atoms with E-state index in [1.54, 1.807) is 0 Å². The molecule has 76 valence electrons. The molecule has 0 spiro atoms. The molecular weight excluding hydrogens is 192 g/mol. The van der Waals surface area contributed by atoms with E-state index in [9.17, 15) is 8.42 Å². The van der Waals surface area contributed by atoms with E-state index in [1.165, 1.54) is 0 Å². The molecule has 2 aliphatic heterocycles. The van der Waals surface area contributed by atoms with Crippen molar-refractivity contribution in [2.45, 2.75) is 31.5 Å². The van der Waals surface area contributed by atoms with Gasteiger partial charge in [-0.2, -0.15) is 8.42 Å². The summed E-state index contributed by atoms with van der Waals surface area (Å²) in [5.41, 5.74) is 0. The van der Waals surface area contributed by atoms with E-state index < -0.39 is 10.1 Å². The Hall–Kier alpha value is -0.130. The second-order valence-electron chi connectivity index (χ2n) is 3.86. The van der Waals surface area contributed by atoms with E-state index in [2.05, 4.69) is 0 Å². The van der Waals surface area contributed by atoms with Crippen molar-refractivity contribution >= 4 is 10.1 Å². The van der Waals surface area contributed by atoms with Crippen LogP contribution in [0.4, 0.5) is 0 Å². The Morgan fingerprint density at radius 1 is 1.46 bits per heavy atom. The maximum Gasteiger partial charge on any atom is 0.264 e. The van der Waals surface area contributed by atoms with Gasteiger partial charge in [-0.05, 0) is 19.3 Å². The SMILES string of the molecule is CS(=O)(=O)OC[C@H]1C[C@H]2CC[C@H]1O2. The van der Waals surface area contributed by atoms with Gasteiger partial charge in [0.2, 0.25) is 0 Å². The summed E-state index contributed by atoms with van der Waals surface area (Å²) >= 11 is 0. The summed E-state index contributed by atoms with van der Waals surface area (Å²) in [5, 5.41) is 0. The van der Waals surface area contributed by atoms with Crippen LogP contribution in [0.2, 0.25) is 0 Å². The molecule has 0 radical (unpaired) electrons. The molecule has 2 saturated heterocycles. The van der Waals surface area contributed by atoms with Gasteiger partial charge in [-0.1, -0.05) is 0 Å². The Balaban J connectivity index is 1.84. The highest BCUT2D eigenvalue weighted by molar-refractivity contribution is 7.85. The Morgan fingerprint density at radius 3 is 2.69 bits per heavy atom. The summed E-state index contributed by atoms with van der Waals surface area (Å²) in [7, 11) is -3.28. The van der Waals surface area contributed by atoms with Crippen LogP contribution in [0.3, 0.4) is 0 Å². The molecule has 4 nitrogen and oxygen atoms in total. The molecule has 0 aromatic carbocycles. The van der Waals surface area contributed by atoms with Crippen molar-refractivity contribution in [2.75, 3.05) is 12.9 Å². The Morgan fingerprint density at radius 2 is 2.23 bits per heavy atom. The lowest BCUT2D eigenvalue weighted by molar-refractivity contribution is 0.0834. The molecule has 2 aliphatic rings. The van der Waals surface area contributed by atoms with Gasteiger partial charge in [0.05, 0.1) is 25.1 Å². The lowest BCUT2D eigenvalue weighted by Gasteiger charge is -2.17. The largest absolute Gasteiger partial charge is 0.375 e. The van der Waals surface area contributed by atoms with Crippen LogP contribution >= 0.6 is 0 Å². The van der Waals surface area contributed by atoms with Crippen LogP contribution < -0.4 is 0 Å². The van der Waals surface area contributed by atoms with Crippen LogP contribution in [-0.2, 0) is 19.0 Å². The summed E-state index contributed by atoms with van der Waals surface area (Å²) in [6.07, 6.45) is 4.83. The fraction of sp³-hybridized carbons (Fsp3) is 1.00. The minimum Gasteiger partial charge on any atom is -0.375 e. The molecule has 0 unspecified atom stereocenters. The number of hydrogen-bond acceptors (Lipinski definition) is 4. The topological polar surface area (TPSA) is 52.6 Å². The molecule has 0 amide bonds. The zero-order valence-corrected chi connectivity index (χ0v) is 8.42. The number of hydrogen-bond donors (Lipinski definition) is 0. The molecule has 0 N–H and O–H groups in total. The van der Waals surface area contributed by atoms with Crippen molar-refractivity contribution in [1.29, 1.82) is 0 Å². The third-order valence-corrected chi connectivity index (χ3v) is 3.29. The standard InChI is InChI=1S/C8H14O4S/c1-13(9,10)11-5-6-4-7-2-3-8(6)12-7/h6-8H,2-5H2,1H3/t6-,7-,8-/m1/s1. The maximum absolute atomic E-state index is 10.7. The average molecular weight is 206 g/mol. The summed E-state index contributed by atoms with van der Waals surface area (Å²) in [4.78, 5) is 0. The minimum atomic E-state index is -3.28. The molecule has 0 saturated carbocycles. The van der Waals surface area contributed by atoms with Gasteiger partial charge in [0.1, 0.15) is 0 Å². The molecule has 13 heavy (non-hydrogen) atoms. The van der Waals surface area contributed by atoms with E-state index in [1.807, 2.05) is 0 Å².